The van der Waals surface area contributed by atoms with Gasteiger partial charge in [-0.05, 0) is 62.7 Å². The lowest BCUT2D eigenvalue weighted by molar-refractivity contribution is -0.148. The molecule has 2 amide bonds. The predicted octanol–water partition coefficient (Wildman–Crippen LogP) is 1.75. The van der Waals surface area contributed by atoms with Gasteiger partial charge in [0.15, 0.2) is 0 Å². The molecule has 4 fully saturated rings. The Morgan fingerprint density at radius 2 is 1.70 bits per heavy atom. The van der Waals surface area contributed by atoms with Gasteiger partial charge in [0.2, 0.25) is 11.8 Å². The number of hydrogen-bond donors (Lipinski definition) is 2. The highest BCUT2D eigenvalue weighted by Crippen LogP contribution is 2.60. The average molecular weight is 276 g/mol. The van der Waals surface area contributed by atoms with E-state index >= 15 is 0 Å². The first-order valence-corrected chi connectivity index (χ1v) is 7.73. The second-order valence-corrected chi connectivity index (χ2v) is 7.15. The van der Waals surface area contributed by atoms with Gasteiger partial charge in [-0.1, -0.05) is 6.08 Å². The minimum absolute atomic E-state index is 0.0576. The third-order valence-electron chi connectivity index (χ3n) is 5.57. The van der Waals surface area contributed by atoms with Crippen molar-refractivity contribution in [2.45, 2.75) is 51.0 Å². The third-order valence-corrected chi connectivity index (χ3v) is 5.57. The molecule has 20 heavy (non-hydrogen) atoms. The van der Waals surface area contributed by atoms with Crippen molar-refractivity contribution in [3.05, 3.63) is 12.7 Å². The fourth-order valence-electron chi connectivity index (χ4n) is 5.11. The van der Waals surface area contributed by atoms with Crippen LogP contribution in [0.25, 0.3) is 0 Å². The molecule has 1 atom stereocenters. The Balaban J connectivity index is 1.73. The first-order valence-electron chi connectivity index (χ1n) is 7.73. The maximum atomic E-state index is 12.7. The fourth-order valence-corrected chi connectivity index (χ4v) is 5.11. The molecule has 4 nitrogen and oxygen atoms in total. The summed E-state index contributed by atoms with van der Waals surface area (Å²) >= 11 is 0. The highest BCUT2D eigenvalue weighted by atomic mass is 16.2. The van der Waals surface area contributed by atoms with Crippen LogP contribution in [0.4, 0.5) is 0 Å². The van der Waals surface area contributed by atoms with E-state index in [0.717, 1.165) is 37.0 Å². The Morgan fingerprint density at radius 3 is 2.10 bits per heavy atom. The van der Waals surface area contributed by atoms with Gasteiger partial charge >= 0.3 is 0 Å². The van der Waals surface area contributed by atoms with Gasteiger partial charge in [0, 0.05) is 5.41 Å². The lowest BCUT2D eigenvalue weighted by Crippen LogP contribution is -2.56. The highest BCUT2D eigenvalue weighted by molar-refractivity contribution is 5.89. The van der Waals surface area contributed by atoms with Gasteiger partial charge in [-0.2, -0.15) is 0 Å². The summed E-state index contributed by atoms with van der Waals surface area (Å²) in [5, 5.41) is 2.89. The van der Waals surface area contributed by atoms with Crippen LogP contribution in [-0.4, -0.2) is 17.9 Å². The number of carbonyl (C=O) groups excluding carboxylic acids is 2. The van der Waals surface area contributed by atoms with E-state index in [1.807, 2.05) is 0 Å². The lowest BCUT2D eigenvalue weighted by Gasteiger charge is -2.55. The van der Waals surface area contributed by atoms with Crippen molar-refractivity contribution >= 4 is 11.8 Å². The van der Waals surface area contributed by atoms with Crippen LogP contribution in [0.1, 0.15) is 44.9 Å². The molecule has 4 saturated carbocycles. The van der Waals surface area contributed by atoms with Crippen molar-refractivity contribution in [2.75, 3.05) is 0 Å². The highest BCUT2D eigenvalue weighted by Gasteiger charge is 2.54. The summed E-state index contributed by atoms with van der Waals surface area (Å²) in [6, 6.07) is -0.604. The van der Waals surface area contributed by atoms with Gasteiger partial charge < -0.3 is 11.1 Å². The molecule has 0 heterocycles. The lowest BCUT2D eigenvalue weighted by atomic mass is 9.49. The zero-order valence-electron chi connectivity index (χ0n) is 11.9. The summed E-state index contributed by atoms with van der Waals surface area (Å²) in [7, 11) is 0. The van der Waals surface area contributed by atoms with Crippen molar-refractivity contribution in [3.63, 3.8) is 0 Å². The summed E-state index contributed by atoms with van der Waals surface area (Å²) in [6.07, 6.45) is 8.97. The van der Waals surface area contributed by atoms with Crippen LogP contribution in [0, 0.1) is 23.2 Å². The van der Waals surface area contributed by atoms with Crippen LogP contribution in [-0.2, 0) is 9.59 Å². The van der Waals surface area contributed by atoms with Crippen LogP contribution >= 0.6 is 0 Å². The van der Waals surface area contributed by atoms with E-state index in [1.54, 1.807) is 6.08 Å². The zero-order valence-corrected chi connectivity index (χ0v) is 11.9. The normalized spacial score (nSPS) is 39.3. The predicted molar refractivity (Wildman–Crippen MR) is 76.5 cm³/mol. The van der Waals surface area contributed by atoms with Gasteiger partial charge in [0.25, 0.3) is 0 Å². The minimum Gasteiger partial charge on any atom is -0.368 e. The van der Waals surface area contributed by atoms with E-state index < -0.39 is 11.9 Å². The Labute approximate surface area is 120 Å². The van der Waals surface area contributed by atoms with E-state index in [1.165, 1.54) is 19.3 Å². The van der Waals surface area contributed by atoms with Gasteiger partial charge in [-0.3, -0.25) is 9.59 Å². The smallest absolute Gasteiger partial charge is 0.240 e. The minimum atomic E-state index is -0.604. The second-order valence-electron chi connectivity index (χ2n) is 7.15. The maximum absolute atomic E-state index is 12.7. The first kappa shape index (κ1) is 13.7. The summed E-state index contributed by atoms with van der Waals surface area (Å²) in [5.41, 5.74) is 5.14. The quantitative estimate of drug-likeness (QED) is 0.751. The SMILES string of the molecule is C=CC[C@H](NC(=O)C12CC3CC(CC(C3)C1)C2)C(N)=O. The maximum Gasteiger partial charge on any atom is 0.240 e. The second kappa shape index (κ2) is 4.90. The molecule has 4 bridgehead atoms. The molecule has 0 spiro atoms. The molecule has 0 aromatic rings. The number of nitrogens with two attached hydrogens (primary N) is 1. The van der Waals surface area contributed by atoms with Crippen LogP contribution in [0.2, 0.25) is 0 Å². The van der Waals surface area contributed by atoms with Crippen molar-refractivity contribution in [1.82, 2.24) is 5.32 Å². The standard InChI is InChI=1S/C16H24N2O2/c1-2-3-13(14(17)19)18-15(20)16-7-10-4-11(8-16)6-12(5-10)9-16/h2,10-13H,1,3-9H2,(H2,17,19)(H,18,20)/t10?,11?,12?,13-,16?/m0/s1. The number of hydrogen-bond acceptors (Lipinski definition) is 2. The van der Waals surface area contributed by atoms with Gasteiger partial charge in [0.05, 0.1) is 0 Å². The van der Waals surface area contributed by atoms with E-state index in [0.29, 0.717) is 6.42 Å². The van der Waals surface area contributed by atoms with E-state index in [9.17, 15) is 9.59 Å². The number of primary amides is 1. The number of carbonyl (C=O) groups is 2. The van der Waals surface area contributed by atoms with Crippen molar-refractivity contribution < 1.29 is 9.59 Å². The van der Waals surface area contributed by atoms with Crippen LogP contribution in [0.15, 0.2) is 12.7 Å². The van der Waals surface area contributed by atoms with Crippen molar-refractivity contribution in [2.24, 2.45) is 28.9 Å². The van der Waals surface area contributed by atoms with Crippen LogP contribution in [0.5, 0.6) is 0 Å². The van der Waals surface area contributed by atoms with E-state index in [-0.39, 0.29) is 11.3 Å². The van der Waals surface area contributed by atoms with Crippen molar-refractivity contribution in [3.8, 4) is 0 Å². The molecule has 0 aliphatic heterocycles. The molecular formula is C16H24N2O2. The first-order chi connectivity index (χ1) is 9.52. The molecule has 0 radical (unpaired) electrons. The molecule has 0 unspecified atom stereocenters. The monoisotopic (exact) mass is 276 g/mol. The fraction of sp³-hybridized carbons (Fsp3) is 0.750. The number of amides is 2. The Kier molecular flexibility index (Phi) is 3.35. The van der Waals surface area contributed by atoms with Gasteiger partial charge in [-0.25, -0.2) is 0 Å². The molecule has 4 heteroatoms. The van der Waals surface area contributed by atoms with Crippen molar-refractivity contribution in [1.29, 1.82) is 0 Å². The molecule has 4 rings (SSSR count). The summed E-state index contributed by atoms with van der Waals surface area (Å²) in [6.45, 7) is 3.62. The van der Waals surface area contributed by atoms with Gasteiger partial charge in [-0.15, -0.1) is 6.58 Å². The summed E-state index contributed by atoms with van der Waals surface area (Å²) in [5.74, 6) is 1.75. The topological polar surface area (TPSA) is 72.2 Å². The van der Waals surface area contributed by atoms with Crippen LogP contribution < -0.4 is 11.1 Å². The Hall–Kier alpha value is -1.32. The largest absolute Gasteiger partial charge is 0.368 e. The number of nitrogens with one attached hydrogen (secondary N) is 1. The summed E-state index contributed by atoms with van der Waals surface area (Å²) < 4.78 is 0. The Morgan fingerprint density at radius 1 is 1.20 bits per heavy atom. The summed E-state index contributed by atoms with van der Waals surface area (Å²) in [4.78, 5) is 24.1. The van der Waals surface area contributed by atoms with E-state index in [4.69, 9.17) is 5.73 Å². The molecule has 3 N–H and O–H groups in total. The molecular weight excluding hydrogens is 252 g/mol. The van der Waals surface area contributed by atoms with Gasteiger partial charge in [0.1, 0.15) is 6.04 Å². The molecule has 0 aromatic heterocycles. The molecule has 0 aromatic carbocycles. The number of rotatable bonds is 5. The molecule has 4 aliphatic carbocycles. The average Bonchev–Trinajstić information content (AvgIpc) is 2.36. The third kappa shape index (κ3) is 2.25. The molecule has 4 aliphatic rings. The van der Waals surface area contributed by atoms with Crippen LogP contribution in [0.3, 0.4) is 0 Å². The van der Waals surface area contributed by atoms with E-state index in [2.05, 4.69) is 11.9 Å². The Bertz CT molecular complexity index is 408. The molecule has 110 valence electrons. The zero-order chi connectivity index (χ0) is 14.3. The molecule has 0 saturated heterocycles.